The van der Waals surface area contributed by atoms with Crippen molar-refractivity contribution in [1.82, 2.24) is 0 Å². The van der Waals surface area contributed by atoms with Crippen LogP contribution in [-0.4, -0.2) is 42.4 Å². The maximum Gasteiger partial charge on any atom is 0.185 e. The van der Waals surface area contributed by atoms with Crippen LogP contribution in [-0.2, 0) is 23.7 Å². The molecule has 0 bridgehead atoms. The van der Waals surface area contributed by atoms with Crippen molar-refractivity contribution >= 4 is 0 Å². The molecule has 6 heteroatoms. The molecule has 2 aromatic carbocycles. The van der Waals surface area contributed by atoms with Crippen molar-refractivity contribution in [3.8, 4) is 24.7 Å². The Balaban J connectivity index is 1.35. The van der Waals surface area contributed by atoms with Crippen LogP contribution in [0.1, 0.15) is 34.8 Å². The fourth-order valence-corrected chi connectivity index (χ4v) is 3.98. The number of rotatable bonds is 2. The van der Waals surface area contributed by atoms with Gasteiger partial charge < -0.3 is 28.8 Å². The van der Waals surface area contributed by atoms with Gasteiger partial charge in [0.2, 0.25) is 0 Å². The van der Waals surface area contributed by atoms with Gasteiger partial charge in [-0.1, -0.05) is 36.1 Å². The summed E-state index contributed by atoms with van der Waals surface area (Å²) in [6.45, 7) is 0.261. The lowest BCUT2D eigenvalue weighted by molar-refractivity contribution is -0.340. The van der Waals surface area contributed by atoms with Gasteiger partial charge >= 0.3 is 0 Å². The van der Waals surface area contributed by atoms with E-state index in [2.05, 4.69) is 11.8 Å². The highest BCUT2D eigenvalue weighted by Crippen LogP contribution is 2.42. The second-order valence-corrected chi connectivity index (χ2v) is 7.40. The lowest BCUT2D eigenvalue weighted by Crippen LogP contribution is -2.60. The molecule has 7 atom stereocenters. The normalized spacial score (nSPS) is 35.0. The van der Waals surface area contributed by atoms with Crippen molar-refractivity contribution in [2.75, 3.05) is 6.61 Å². The highest BCUT2D eigenvalue weighted by Gasteiger charge is 2.55. The molecular formula is C24H20O6. The number of terminal acetylenes is 2. The summed E-state index contributed by atoms with van der Waals surface area (Å²) >= 11 is 0. The Kier molecular flexibility index (Phi) is 5.06. The minimum absolute atomic E-state index is 0.261. The molecular weight excluding hydrogens is 384 g/mol. The van der Waals surface area contributed by atoms with Gasteiger partial charge in [-0.05, 0) is 24.3 Å². The van der Waals surface area contributed by atoms with Crippen LogP contribution < -0.4 is 0 Å². The maximum absolute atomic E-state index is 10.4. The highest BCUT2D eigenvalue weighted by atomic mass is 16.8. The van der Waals surface area contributed by atoms with Gasteiger partial charge in [-0.25, -0.2) is 0 Å². The van der Waals surface area contributed by atoms with Gasteiger partial charge in [0.1, 0.15) is 24.4 Å². The molecule has 30 heavy (non-hydrogen) atoms. The standard InChI is InChI=1S/C24H20O6/c1-3-14-5-9-16(10-6-14)23-26-13-18-19(28-23)20-21(22(25)27-18)30-24(29-20)17-11-7-15(4-2)8-12-17/h1-2,5-12,18-25H,13H2. The van der Waals surface area contributed by atoms with E-state index in [4.69, 9.17) is 36.5 Å². The summed E-state index contributed by atoms with van der Waals surface area (Å²) in [7, 11) is 0. The summed E-state index contributed by atoms with van der Waals surface area (Å²) in [6, 6.07) is 14.8. The van der Waals surface area contributed by atoms with Gasteiger partial charge in [-0.15, -0.1) is 12.8 Å². The molecule has 0 spiro atoms. The second-order valence-electron chi connectivity index (χ2n) is 7.40. The van der Waals surface area contributed by atoms with Crippen LogP contribution in [0, 0.1) is 24.7 Å². The molecule has 3 aliphatic rings. The molecule has 152 valence electrons. The third-order valence-electron chi connectivity index (χ3n) is 5.56. The van der Waals surface area contributed by atoms with Gasteiger partial charge in [-0.2, -0.15) is 0 Å². The van der Waals surface area contributed by atoms with Crippen molar-refractivity contribution in [2.45, 2.75) is 43.3 Å². The van der Waals surface area contributed by atoms with E-state index < -0.39 is 43.3 Å². The number of ether oxygens (including phenoxy) is 5. The minimum Gasteiger partial charge on any atom is -0.366 e. The van der Waals surface area contributed by atoms with Crippen molar-refractivity contribution in [1.29, 1.82) is 0 Å². The summed E-state index contributed by atoms with van der Waals surface area (Å²) in [4.78, 5) is 0. The van der Waals surface area contributed by atoms with E-state index in [0.717, 1.165) is 22.3 Å². The molecule has 1 N–H and O–H groups in total. The van der Waals surface area contributed by atoms with Crippen molar-refractivity contribution < 1.29 is 28.8 Å². The van der Waals surface area contributed by atoms with Crippen molar-refractivity contribution in [3.63, 3.8) is 0 Å². The summed E-state index contributed by atoms with van der Waals surface area (Å²) in [5.74, 6) is 5.17. The predicted octanol–water partition coefficient (Wildman–Crippen LogP) is 2.26. The van der Waals surface area contributed by atoms with Crippen LogP contribution in [0.15, 0.2) is 48.5 Å². The molecule has 7 unspecified atom stereocenters. The Hall–Kier alpha value is -2.68. The van der Waals surface area contributed by atoms with Crippen LogP contribution in [0.5, 0.6) is 0 Å². The minimum atomic E-state index is -1.13. The monoisotopic (exact) mass is 404 g/mol. The number of hydrogen-bond donors (Lipinski definition) is 1. The number of fused-ring (bicyclic) bond motifs is 3. The third-order valence-corrected chi connectivity index (χ3v) is 5.56. The molecule has 3 fully saturated rings. The molecule has 0 aromatic heterocycles. The number of aliphatic hydroxyl groups is 1. The van der Waals surface area contributed by atoms with Gasteiger partial charge in [-0.3, -0.25) is 0 Å². The van der Waals surface area contributed by atoms with Crippen LogP contribution in [0.2, 0.25) is 0 Å². The van der Waals surface area contributed by atoms with E-state index in [9.17, 15) is 5.11 Å². The average molecular weight is 404 g/mol. The first-order chi connectivity index (χ1) is 14.7. The van der Waals surface area contributed by atoms with Gasteiger partial charge in [0, 0.05) is 22.3 Å². The van der Waals surface area contributed by atoms with Gasteiger partial charge in [0.15, 0.2) is 18.9 Å². The first kappa shape index (κ1) is 19.3. The Morgan fingerprint density at radius 2 is 1.23 bits per heavy atom. The Morgan fingerprint density at radius 3 is 1.83 bits per heavy atom. The largest absolute Gasteiger partial charge is 0.366 e. The topological polar surface area (TPSA) is 66.4 Å². The summed E-state index contributed by atoms with van der Waals surface area (Å²) in [6.07, 6.45) is 6.36. The lowest BCUT2D eigenvalue weighted by atomic mass is 9.98. The van der Waals surface area contributed by atoms with Crippen molar-refractivity contribution in [3.05, 3.63) is 70.8 Å². The predicted molar refractivity (Wildman–Crippen MR) is 106 cm³/mol. The smallest absolute Gasteiger partial charge is 0.185 e. The molecule has 3 heterocycles. The zero-order chi connectivity index (χ0) is 20.7. The Bertz CT molecular complexity index is 986. The van der Waals surface area contributed by atoms with Gasteiger partial charge in [0.05, 0.1) is 6.61 Å². The summed E-state index contributed by atoms with van der Waals surface area (Å²) < 4.78 is 29.8. The fourth-order valence-electron chi connectivity index (χ4n) is 3.98. The molecule has 5 rings (SSSR count). The molecule has 3 saturated heterocycles. The number of aliphatic hydroxyl groups excluding tert-OH is 1. The third kappa shape index (κ3) is 3.40. The molecule has 0 saturated carbocycles. The number of hydrogen-bond acceptors (Lipinski definition) is 6. The second kappa shape index (κ2) is 7.86. The quantitative estimate of drug-likeness (QED) is 0.775. The molecule has 3 aliphatic heterocycles. The fraction of sp³-hybridized carbons (Fsp3) is 0.333. The van der Waals surface area contributed by atoms with Gasteiger partial charge in [0.25, 0.3) is 0 Å². The SMILES string of the molecule is C#Cc1ccc(C2OCC3OC(O)C4OC(c5ccc(C#C)cc5)OC4C3O2)cc1. The maximum atomic E-state index is 10.4. The van der Waals surface area contributed by atoms with Crippen LogP contribution in [0.4, 0.5) is 0 Å². The molecule has 6 nitrogen and oxygen atoms in total. The summed E-state index contributed by atoms with van der Waals surface area (Å²) in [5, 5.41) is 10.4. The first-order valence-electron chi connectivity index (χ1n) is 9.71. The first-order valence-corrected chi connectivity index (χ1v) is 9.71. The van der Waals surface area contributed by atoms with E-state index in [0.29, 0.717) is 0 Å². The summed E-state index contributed by atoms with van der Waals surface area (Å²) in [5.41, 5.74) is 3.20. The molecule has 0 radical (unpaired) electrons. The van der Waals surface area contributed by atoms with E-state index in [1.165, 1.54) is 0 Å². The molecule has 0 aliphatic carbocycles. The Labute approximate surface area is 174 Å². The van der Waals surface area contributed by atoms with Crippen LogP contribution in [0.3, 0.4) is 0 Å². The van der Waals surface area contributed by atoms with E-state index >= 15 is 0 Å². The zero-order valence-electron chi connectivity index (χ0n) is 16.0. The lowest BCUT2D eigenvalue weighted by Gasteiger charge is -2.44. The average Bonchev–Trinajstić information content (AvgIpc) is 3.26. The van der Waals surface area contributed by atoms with E-state index in [1.807, 2.05) is 48.5 Å². The van der Waals surface area contributed by atoms with E-state index in [-0.39, 0.29) is 6.61 Å². The number of benzene rings is 2. The van der Waals surface area contributed by atoms with Crippen LogP contribution >= 0.6 is 0 Å². The Morgan fingerprint density at radius 1 is 0.700 bits per heavy atom. The highest BCUT2D eigenvalue weighted by molar-refractivity contribution is 5.35. The zero-order valence-corrected chi connectivity index (χ0v) is 16.0. The van der Waals surface area contributed by atoms with Crippen LogP contribution in [0.25, 0.3) is 0 Å². The van der Waals surface area contributed by atoms with Crippen molar-refractivity contribution in [2.24, 2.45) is 0 Å². The molecule has 0 amide bonds. The molecule has 2 aromatic rings. The van der Waals surface area contributed by atoms with E-state index in [1.54, 1.807) is 0 Å².